The normalized spacial score (nSPS) is 29.7. The molecule has 72 valence electrons. The number of carbonyl (C=O) groups excluding carboxylic acids is 1. The molecule has 0 amide bonds. The van der Waals surface area contributed by atoms with Gasteiger partial charge in [-0.3, -0.25) is 0 Å². The average molecular weight is 182 g/mol. The van der Waals surface area contributed by atoms with Crippen LogP contribution in [0.2, 0.25) is 0 Å². The van der Waals surface area contributed by atoms with Gasteiger partial charge in [0.1, 0.15) is 5.60 Å². The van der Waals surface area contributed by atoms with Crippen molar-refractivity contribution in [3.05, 3.63) is 12.7 Å². The van der Waals surface area contributed by atoms with Crippen LogP contribution >= 0.6 is 0 Å². The van der Waals surface area contributed by atoms with Crippen molar-refractivity contribution >= 4 is 5.97 Å². The Hall–Kier alpha value is -0.830. The van der Waals surface area contributed by atoms with Crippen LogP contribution < -0.4 is 0 Å². The van der Waals surface area contributed by atoms with Gasteiger partial charge in [0.15, 0.2) is 0 Å². The van der Waals surface area contributed by atoms with E-state index in [1.807, 2.05) is 0 Å². The fourth-order valence-electron chi connectivity index (χ4n) is 1.91. The highest BCUT2D eigenvalue weighted by Gasteiger charge is 2.53. The van der Waals surface area contributed by atoms with E-state index in [2.05, 4.69) is 6.58 Å². The van der Waals surface area contributed by atoms with E-state index in [0.717, 1.165) is 32.5 Å². The van der Waals surface area contributed by atoms with Crippen LogP contribution in [-0.4, -0.2) is 24.8 Å². The fourth-order valence-corrected chi connectivity index (χ4v) is 1.91. The van der Waals surface area contributed by atoms with E-state index in [9.17, 15) is 4.79 Å². The molecule has 2 aliphatic rings. The molecular formula is C10H14O3. The van der Waals surface area contributed by atoms with E-state index in [4.69, 9.17) is 9.47 Å². The predicted octanol–water partition coefficient (Wildman–Crippen LogP) is 1.28. The summed E-state index contributed by atoms with van der Waals surface area (Å²) in [5.74, 6) is 0.112. The highest BCUT2D eigenvalue weighted by atomic mass is 16.6. The molecule has 1 aliphatic carbocycles. The monoisotopic (exact) mass is 182 g/mol. The highest BCUT2D eigenvalue weighted by Crippen LogP contribution is 2.49. The summed E-state index contributed by atoms with van der Waals surface area (Å²) in [5, 5.41) is 0. The second-order valence-corrected chi connectivity index (χ2v) is 3.75. The SMILES string of the molecule is C=CC(=O)OC1(C2CCOC2)CC1. The third kappa shape index (κ3) is 1.61. The van der Waals surface area contributed by atoms with Gasteiger partial charge in [-0.1, -0.05) is 6.58 Å². The molecule has 13 heavy (non-hydrogen) atoms. The van der Waals surface area contributed by atoms with E-state index < -0.39 is 0 Å². The van der Waals surface area contributed by atoms with Crippen LogP contribution in [-0.2, 0) is 14.3 Å². The average Bonchev–Trinajstić information content (AvgIpc) is 2.70. The summed E-state index contributed by atoms with van der Waals surface area (Å²) >= 11 is 0. The van der Waals surface area contributed by atoms with Crippen molar-refractivity contribution in [3.8, 4) is 0 Å². The van der Waals surface area contributed by atoms with E-state index in [-0.39, 0.29) is 11.6 Å². The maximum absolute atomic E-state index is 11.0. The molecule has 1 saturated heterocycles. The molecule has 0 N–H and O–H groups in total. The molecule has 0 aromatic heterocycles. The quantitative estimate of drug-likeness (QED) is 0.487. The lowest BCUT2D eigenvalue weighted by Crippen LogP contribution is -2.28. The maximum atomic E-state index is 11.0. The minimum atomic E-state index is -0.301. The largest absolute Gasteiger partial charge is 0.456 e. The zero-order chi connectivity index (χ0) is 9.31. The van der Waals surface area contributed by atoms with Gasteiger partial charge in [-0.25, -0.2) is 4.79 Å². The van der Waals surface area contributed by atoms with E-state index in [1.165, 1.54) is 6.08 Å². The van der Waals surface area contributed by atoms with Crippen molar-refractivity contribution in [1.29, 1.82) is 0 Å². The number of ether oxygens (including phenoxy) is 2. The molecule has 0 spiro atoms. The molecule has 0 aromatic rings. The molecule has 0 radical (unpaired) electrons. The Morgan fingerprint density at radius 2 is 2.38 bits per heavy atom. The van der Waals surface area contributed by atoms with E-state index >= 15 is 0 Å². The molecule has 1 aliphatic heterocycles. The van der Waals surface area contributed by atoms with Crippen LogP contribution in [0.4, 0.5) is 0 Å². The Bertz CT molecular complexity index is 224. The lowest BCUT2D eigenvalue weighted by Gasteiger charge is -2.20. The standard InChI is InChI=1S/C10H14O3/c1-2-9(11)13-10(4-5-10)8-3-6-12-7-8/h2,8H,1,3-7H2. The van der Waals surface area contributed by atoms with Crippen LogP contribution in [0.15, 0.2) is 12.7 Å². The summed E-state index contributed by atoms with van der Waals surface area (Å²) < 4.78 is 10.6. The van der Waals surface area contributed by atoms with Gasteiger partial charge in [-0.05, 0) is 19.3 Å². The summed E-state index contributed by atoms with van der Waals surface area (Å²) in [6, 6.07) is 0. The van der Waals surface area contributed by atoms with Gasteiger partial charge in [-0.2, -0.15) is 0 Å². The molecule has 1 saturated carbocycles. The Morgan fingerprint density at radius 1 is 1.62 bits per heavy atom. The third-order valence-electron chi connectivity index (χ3n) is 2.89. The second kappa shape index (κ2) is 3.14. The minimum Gasteiger partial charge on any atom is -0.456 e. The van der Waals surface area contributed by atoms with Gasteiger partial charge >= 0.3 is 5.97 Å². The molecule has 1 atom stereocenters. The lowest BCUT2D eigenvalue weighted by molar-refractivity contribution is -0.148. The highest BCUT2D eigenvalue weighted by molar-refractivity contribution is 5.81. The summed E-state index contributed by atoms with van der Waals surface area (Å²) in [7, 11) is 0. The van der Waals surface area contributed by atoms with Gasteiger partial charge in [0.2, 0.25) is 0 Å². The maximum Gasteiger partial charge on any atom is 0.330 e. The zero-order valence-corrected chi connectivity index (χ0v) is 7.62. The first kappa shape index (κ1) is 8.75. The topological polar surface area (TPSA) is 35.5 Å². The molecule has 3 heteroatoms. The molecule has 3 nitrogen and oxygen atoms in total. The summed E-state index contributed by atoms with van der Waals surface area (Å²) in [4.78, 5) is 11.0. The van der Waals surface area contributed by atoms with Crippen LogP contribution in [0, 0.1) is 5.92 Å². The summed E-state index contributed by atoms with van der Waals surface area (Å²) in [6.45, 7) is 4.94. The fraction of sp³-hybridized carbons (Fsp3) is 0.700. The number of hydrogen-bond donors (Lipinski definition) is 0. The molecule has 2 rings (SSSR count). The van der Waals surface area contributed by atoms with Crippen LogP contribution in [0.3, 0.4) is 0 Å². The van der Waals surface area contributed by atoms with Crippen molar-refractivity contribution in [3.63, 3.8) is 0 Å². The first-order valence-corrected chi connectivity index (χ1v) is 4.70. The Balaban J connectivity index is 1.95. The van der Waals surface area contributed by atoms with Crippen LogP contribution in [0.1, 0.15) is 19.3 Å². The van der Waals surface area contributed by atoms with Gasteiger partial charge in [0.25, 0.3) is 0 Å². The summed E-state index contributed by atoms with van der Waals surface area (Å²) in [6.07, 6.45) is 4.22. The Labute approximate surface area is 77.7 Å². The van der Waals surface area contributed by atoms with Crippen molar-refractivity contribution in [2.75, 3.05) is 13.2 Å². The molecule has 0 aromatic carbocycles. The number of hydrogen-bond acceptors (Lipinski definition) is 3. The zero-order valence-electron chi connectivity index (χ0n) is 7.62. The summed E-state index contributed by atoms with van der Waals surface area (Å²) in [5.41, 5.74) is -0.193. The van der Waals surface area contributed by atoms with E-state index in [0.29, 0.717) is 5.92 Å². The van der Waals surface area contributed by atoms with Crippen LogP contribution in [0.25, 0.3) is 0 Å². The Kier molecular flexibility index (Phi) is 2.12. The van der Waals surface area contributed by atoms with Crippen molar-refractivity contribution in [2.24, 2.45) is 5.92 Å². The molecule has 0 bridgehead atoms. The van der Waals surface area contributed by atoms with Crippen molar-refractivity contribution < 1.29 is 14.3 Å². The van der Waals surface area contributed by atoms with E-state index in [1.54, 1.807) is 0 Å². The van der Waals surface area contributed by atoms with Gasteiger partial charge in [0.05, 0.1) is 6.61 Å². The number of esters is 1. The van der Waals surface area contributed by atoms with Crippen molar-refractivity contribution in [1.82, 2.24) is 0 Å². The minimum absolute atomic E-state index is 0.193. The van der Waals surface area contributed by atoms with Crippen LogP contribution in [0.5, 0.6) is 0 Å². The molecule has 2 fully saturated rings. The number of carbonyl (C=O) groups is 1. The van der Waals surface area contributed by atoms with Gasteiger partial charge < -0.3 is 9.47 Å². The second-order valence-electron chi connectivity index (χ2n) is 3.75. The molecule has 1 heterocycles. The first-order valence-electron chi connectivity index (χ1n) is 4.70. The third-order valence-corrected chi connectivity index (χ3v) is 2.89. The molecular weight excluding hydrogens is 168 g/mol. The predicted molar refractivity (Wildman–Crippen MR) is 47.2 cm³/mol. The molecule has 1 unspecified atom stereocenters. The van der Waals surface area contributed by atoms with Crippen molar-refractivity contribution in [2.45, 2.75) is 24.9 Å². The van der Waals surface area contributed by atoms with Gasteiger partial charge in [0, 0.05) is 18.6 Å². The smallest absolute Gasteiger partial charge is 0.330 e. The number of rotatable bonds is 3. The lowest BCUT2D eigenvalue weighted by atomic mass is 9.99. The first-order chi connectivity index (χ1) is 6.27. The Morgan fingerprint density at radius 3 is 2.85 bits per heavy atom. The van der Waals surface area contributed by atoms with Gasteiger partial charge in [-0.15, -0.1) is 0 Å².